The molecule has 0 saturated heterocycles. The summed E-state index contributed by atoms with van der Waals surface area (Å²) in [5.41, 5.74) is 8.68. The van der Waals surface area contributed by atoms with Gasteiger partial charge in [-0.3, -0.25) is 4.68 Å². The molecule has 2 aromatic rings. The van der Waals surface area contributed by atoms with Gasteiger partial charge in [0.05, 0.1) is 6.20 Å². The predicted octanol–water partition coefficient (Wildman–Crippen LogP) is 2.43. The van der Waals surface area contributed by atoms with E-state index in [1.54, 1.807) is 10.9 Å². The Labute approximate surface area is 90.7 Å². The molecule has 72 valence electrons. The summed E-state index contributed by atoms with van der Waals surface area (Å²) in [5, 5.41) is 4.11. The van der Waals surface area contributed by atoms with Gasteiger partial charge in [0.15, 0.2) is 0 Å². The van der Waals surface area contributed by atoms with Crippen molar-refractivity contribution in [1.82, 2.24) is 9.78 Å². The SMILES string of the molecule is Cn1cc(-c2cc(Br)ccc2N)cn1. The first-order valence-corrected chi connectivity index (χ1v) is 5.00. The standard InChI is InChI=1S/C10H10BrN3/c1-14-6-7(5-13-14)9-4-8(11)2-3-10(9)12/h2-6H,12H2,1H3. The quantitative estimate of drug-likeness (QED) is 0.792. The molecule has 2 N–H and O–H groups in total. The van der Waals surface area contributed by atoms with Gasteiger partial charge in [0.1, 0.15) is 0 Å². The van der Waals surface area contributed by atoms with Crippen molar-refractivity contribution in [3.05, 3.63) is 35.1 Å². The van der Waals surface area contributed by atoms with Crippen molar-refractivity contribution in [1.29, 1.82) is 0 Å². The van der Waals surface area contributed by atoms with Crippen LogP contribution in [0.15, 0.2) is 35.1 Å². The molecule has 2 rings (SSSR count). The van der Waals surface area contributed by atoms with Crippen molar-refractivity contribution in [2.75, 3.05) is 5.73 Å². The number of anilines is 1. The Balaban J connectivity index is 2.55. The minimum atomic E-state index is 0.765. The zero-order chi connectivity index (χ0) is 10.1. The van der Waals surface area contributed by atoms with Crippen molar-refractivity contribution >= 4 is 21.6 Å². The Hall–Kier alpha value is -1.29. The average molecular weight is 252 g/mol. The zero-order valence-corrected chi connectivity index (χ0v) is 9.32. The smallest absolute Gasteiger partial charge is 0.0568 e. The molecule has 0 spiro atoms. The van der Waals surface area contributed by atoms with Crippen molar-refractivity contribution in [3.8, 4) is 11.1 Å². The van der Waals surface area contributed by atoms with E-state index in [0.717, 1.165) is 21.3 Å². The number of benzene rings is 1. The molecule has 0 bridgehead atoms. The molecule has 1 aromatic carbocycles. The van der Waals surface area contributed by atoms with Crippen molar-refractivity contribution in [2.45, 2.75) is 0 Å². The van der Waals surface area contributed by atoms with Gasteiger partial charge < -0.3 is 5.73 Å². The van der Waals surface area contributed by atoms with Gasteiger partial charge in [0.25, 0.3) is 0 Å². The van der Waals surface area contributed by atoms with E-state index in [1.807, 2.05) is 31.4 Å². The van der Waals surface area contributed by atoms with Crippen LogP contribution in [-0.2, 0) is 7.05 Å². The Morgan fingerprint density at radius 3 is 2.86 bits per heavy atom. The molecule has 0 unspecified atom stereocenters. The highest BCUT2D eigenvalue weighted by Gasteiger charge is 2.04. The van der Waals surface area contributed by atoms with Gasteiger partial charge in [0, 0.05) is 34.5 Å². The Kier molecular flexibility index (Phi) is 2.29. The van der Waals surface area contributed by atoms with Crippen LogP contribution in [-0.4, -0.2) is 9.78 Å². The van der Waals surface area contributed by atoms with Crippen LogP contribution in [0.5, 0.6) is 0 Å². The molecule has 1 aromatic heterocycles. The summed E-state index contributed by atoms with van der Waals surface area (Å²) < 4.78 is 2.78. The van der Waals surface area contributed by atoms with Crippen LogP contribution in [0.1, 0.15) is 0 Å². The maximum atomic E-state index is 5.87. The van der Waals surface area contributed by atoms with Crippen molar-refractivity contribution in [3.63, 3.8) is 0 Å². The van der Waals surface area contributed by atoms with Crippen LogP contribution in [0.25, 0.3) is 11.1 Å². The van der Waals surface area contributed by atoms with E-state index >= 15 is 0 Å². The second-order valence-electron chi connectivity index (χ2n) is 3.13. The summed E-state index contributed by atoms with van der Waals surface area (Å²) in [4.78, 5) is 0. The lowest BCUT2D eigenvalue weighted by Gasteiger charge is -2.02. The lowest BCUT2D eigenvalue weighted by atomic mass is 10.1. The van der Waals surface area contributed by atoms with Crippen molar-refractivity contribution < 1.29 is 0 Å². The molecular weight excluding hydrogens is 242 g/mol. The van der Waals surface area contributed by atoms with Crippen LogP contribution < -0.4 is 5.73 Å². The molecule has 14 heavy (non-hydrogen) atoms. The number of nitrogens with zero attached hydrogens (tertiary/aromatic N) is 2. The molecule has 0 fully saturated rings. The first kappa shape index (κ1) is 9.27. The highest BCUT2D eigenvalue weighted by atomic mass is 79.9. The van der Waals surface area contributed by atoms with Gasteiger partial charge in [-0.25, -0.2) is 0 Å². The minimum absolute atomic E-state index is 0.765. The first-order valence-electron chi connectivity index (χ1n) is 4.21. The minimum Gasteiger partial charge on any atom is -0.398 e. The fourth-order valence-electron chi connectivity index (χ4n) is 1.34. The average Bonchev–Trinajstić information content (AvgIpc) is 2.56. The topological polar surface area (TPSA) is 43.8 Å². The van der Waals surface area contributed by atoms with E-state index in [-0.39, 0.29) is 0 Å². The molecular formula is C10H10BrN3. The molecule has 0 atom stereocenters. The number of halogens is 1. The summed E-state index contributed by atoms with van der Waals surface area (Å²) in [6.45, 7) is 0. The zero-order valence-electron chi connectivity index (χ0n) is 7.74. The molecule has 0 radical (unpaired) electrons. The lowest BCUT2D eigenvalue weighted by Crippen LogP contribution is -1.89. The van der Waals surface area contributed by atoms with Gasteiger partial charge >= 0.3 is 0 Å². The van der Waals surface area contributed by atoms with Crippen LogP contribution in [0.2, 0.25) is 0 Å². The Morgan fingerprint density at radius 2 is 2.21 bits per heavy atom. The molecule has 3 nitrogen and oxygen atoms in total. The monoisotopic (exact) mass is 251 g/mol. The fraction of sp³-hybridized carbons (Fsp3) is 0.100. The van der Waals surface area contributed by atoms with E-state index in [4.69, 9.17) is 5.73 Å². The Bertz CT molecular complexity index is 462. The van der Waals surface area contributed by atoms with Gasteiger partial charge in [-0.2, -0.15) is 5.10 Å². The molecule has 1 heterocycles. The van der Waals surface area contributed by atoms with Gasteiger partial charge in [-0.1, -0.05) is 15.9 Å². The maximum Gasteiger partial charge on any atom is 0.0568 e. The summed E-state index contributed by atoms with van der Waals surface area (Å²) >= 11 is 3.42. The number of hydrogen-bond donors (Lipinski definition) is 1. The van der Waals surface area contributed by atoms with Crippen LogP contribution in [0, 0.1) is 0 Å². The third-order valence-corrected chi connectivity index (χ3v) is 2.52. The van der Waals surface area contributed by atoms with Crippen LogP contribution in [0.4, 0.5) is 5.69 Å². The second kappa shape index (κ2) is 3.46. The molecule has 0 amide bonds. The summed E-state index contributed by atoms with van der Waals surface area (Å²) in [5.74, 6) is 0. The van der Waals surface area contributed by atoms with Crippen molar-refractivity contribution in [2.24, 2.45) is 7.05 Å². The van der Waals surface area contributed by atoms with E-state index in [2.05, 4.69) is 21.0 Å². The molecule has 4 heteroatoms. The number of aromatic nitrogens is 2. The third kappa shape index (κ3) is 1.65. The van der Waals surface area contributed by atoms with Gasteiger partial charge in [0.2, 0.25) is 0 Å². The lowest BCUT2D eigenvalue weighted by molar-refractivity contribution is 0.768. The number of rotatable bonds is 1. The molecule has 0 aliphatic carbocycles. The summed E-state index contributed by atoms with van der Waals surface area (Å²) in [7, 11) is 1.89. The Morgan fingerprint density at radius 1 is 1.43 bits per heavy atom. The first-order chi connectivity index (χ1) is 6.66. The van der Waals surface area contributed by atoms with Crippen LogP contribution in [0.3, 0.4) is 0 Å². The van der Waals surface area contributed by atoms with Gasteiger partial charge in [-0.15, -0.1) is 0 Å². The van der Waals surface area contributed by atoms with E-state index in [1.165, 1.54) is 0 Å². The highest BCUT2D eigenvalue weighted by Crippen LogP contribution is 2.28. The summed E-state index contributed by atoms with van der Waals surface area (Å²) in [6, 6.07) is 5.80. The molecule has 0 aliphatic heterocycles. The third-order valence-electron chi connectivity index (χ3n) is 2.03. The number of nitrogen functional groups attached to an aromatic ring is 1. The van der Waals surface area contributed by atoms with E-state index < -0.39 is 0 Å². The fourth-order valence-corrected chi connectivity index (χ4v) is 1.70. The van der Waals surface area contributed by atoms with E-state index in [9.17, 15) is 0 Å². The predicted molar refractivity (Wildman–Crippen MR) is 60.8 cm³/mol. The van der Waals surface area contributed by atoms with E-state index in [0.29, 0.717) is 0 Å². The number of nitrogens with two attached hydrogens (primary N) is 1. The number of hydrogen-bond acceptors (Lipinski definition) is 2. The van der Waals surface area contributed by atoms with Gasteiger partial charge in [-0.05, 0) is 18.2 Å². The second-order valence-corrected chi connectivity index (χ2v) is 4.05. The number of aryl methyl sites for hydroxylation is 1. The largest absolute Gasteiger partial charge is 0.398 e. The van der Waals surface area contributed by atoms with Crippen LogP contribution >= 0.6 is 15.9 Å². The maximum absolute atomic E-state index is 5.87. The highest BCUT2D eigenvalue weighted by molar-refractivity contribution is 9.10. The molecule has 0 saturated carbocycles. The summed E-state index contributed by atoms with van der Waals surface area (Å²) in [6.07, 6.45) is 3.75. The normalized spacial score (nSPS) is 10.4. The molecule has 0 aliphatic rings.